The highest BCUT2D eigenvalue weighted by atomic mass is 32.2. The molecule has 2 aromatic carbocycles. The van der Waals surface area contributed by atoms with Crippen LogP contribution >= 0.6 is 0 Å². The van der Waals surface area contributed by atoms with Gasteiger partial charge in [-0.1, -0.05) is 41.7 Å². The zero-order chi connectivity index (χ0) is 24.3. The molecule has 0 saturated carbocycles. The van der Waals surface area contributed by atoms with Crippen molar-refractivity contribution in [3.05, 3.63) is 65.2 Å². The smallest absolute Gasteiger partial charge is 0.411 e. The molecule has 9 nitrogen and oxygen atoms in total. The minimum Gasteiger partial charge on any atom is -0.439 e. The van der Waals surface area contributed by atoms with Crippen molar-refractivity contribution in [2.45, 2.75) is 36.8 Å². The van der Waals surface area contributed by atoms with Gasteiger partial charge in [0, 0.05) is 12.0 Å². The summed E-state index contributed by atoms with van der Waals surface area (Å²) in [5.41, 5.74) is 2.21. The lowest BCUT2D eigenvalue weighted by Gasteiger charge is -2.27. The maximum atomic E-state index is 12.3. The third-order valence-electron chi connectivity index (χ3n) is 5.51. The lowest BCUT2D eigenvalue weighted by Crippen LogP contribution is -2.52. The lowest BCUT2D eigenvalue weighted by molar-refractivity contribution is -0.136. The summed E-state index contributed by atoms with van der Waals surface area (Å²) in [7, 11) is -3.90. The van der Waals surface area contributed by atoms with Crippen molar-refractivity contribution in [2.24, 2.45) is 0 Å². The van der Waals surface area contributed by atoms with E-state index in [0.717, 1.165) is 5.56 Å². The Morgan fingerprint density at radius 3 is 2.65 bits per heavy atom. The lowest BCUT2D eigenvalue weighted by atomic mass is 10.0. The highest BCUT2D eigenvalue weighted by molar-refractivity contribution is 7.86. The molecular formula is C24H22N2O7S. The van der Waals surface area contributed by atoms with Crippen molar-refractivity contribution in [3.8, 4) is 11.8 Å². The van der Waals surface area contributed by atoms with Gasteiger partial charge in [-0.2, -0.15) is 8.42 Å². The van der Waals surface area contributed by atoms with Crippen LogP contribution in [0.15, 0.2) is 53.4 Å². The summed E-state index contributed by atoms with van der Waals surface area (Å²) in [5.74, 6) is 4.67. The number of imide groups is 1. The minimum absolute atomic E-state index is 0.0607. The normalized spacial score (nSPS) is 20.4. The number of carbonyl (C=O) groups excluding carboxylic acids is 3. The highest BCUT2D eigenvalue weighted by Gasteiger charge is 2.41. The van der Waals surface area contributed by atoms with E-state index in [0.29, 0.717) is 11.1 Å². The summed E-state index contributed by atoms with van der Waals surface area (Å²) in [4.78, 5) is 37.2. The van der Waals surface area contributed by atoms with E-state index in [9.17, 15) is 22.8 Å². The van der Waals surface area contributed by atoms with Crippen LogP contribution in [0.1, 0.15) is 35.6 Å². The second-order valence-corrected chi connectivity index (χ2v) is 9.56. The maximum absolute atomic E-state index is 12.3. The van der Waals surface area contributed by atoms with Crippen LogP contribution in [0, 0.1) is 18.8 Å². The van der Waals surface area contributed by atoms with Crippen LogP contribution < -0.4 is 5.32 Å². The Hall–Kier alpha value is -3.68. The fourth-order valence-corrected chi connectivity index (χ4v) is 4.54. The molecule has 2 aliphatic heterocycles. The standard InChI is InChI=1S/C24H22N2O7S/c1-16-7-9-19(10-8-16)34(30,31)32-13-3-5-17-4-2-6-18(14-17)21-15-26(24(29)33-21)20-11-12-22(27)25-23(20)28/h2,4,6-10,14,20-21H,11-13,15H2,1H3,(H,25,27,28)/t20?,21-/m1/s1. The molecule has 0 aromatic heterocycles. The summed E-state index contributed by atoms with van der Waals surface area (Å²) >= 11 is 0. The van der Waals surface area contributed by atoms with Gasteiger partial charge in [0.2, 0.25) is 11.8 Å². The van der Waals surface area contributed by atoms with E-state index in [-0.39, 0.29) is 36.8 Å². The van der Waals surface area contributed by atoms with E-state index in [4.69, 9.17) is 8.92 Å². The Morgan fingerprint density at radius 1 is 1.15 bits per heavy atom. The number of piperidine rings is 1. The highest BCUT2D eigenvalue weighted by Crippen LogP contribution is 2.29. The predicted molar refractivity (Wildman–Crippen MR) is 120 cm³/mol. The monoisotopic (exact) mass is 482 g/mol. The Balaban J connectivity index is 1.39. The maximum Gasteiger partial charge on any atom is 0.411 e. The van der Waals surface area contributed by atoms with Gasteiger partial charge in [0.15, 0.2) is 0 Å². The first-order chi connectivity index (χ1) is 16.2. The number of cyclic esters (lactones) is 1. The Morgan fingerprint density at radius 2 is 1.91 bits per heavy atom. The second-order valence-electron chi connectivity index (χ2n) is 7.95. The van der Waals surface area contributed by atoms with Crippen LogP contribution in [-0.4, -0.2) is 50.4 Å². The van der Waals surface area contributed by atoms with Crippen molar-refractivity contribution in [1.82, 2.24) is 10.2 Å². The van der Waals surface area contributed by atoms with Crippen LogP contribution in [0.4, 0.5) is 4.79 Å². The van der Waals surface area contributed by atoms with Gasteiger partial charge >= 0.3 is 6.09 Å². The molecule has 2 aromatic rings. The van der Waals surface area contributed by atoms with Crippen molar-refractivity contribution in [2.75, 3.05) is 13.2 Å². The molecule has 2 heterocycles. The van der Waals surface area contributed by atoms with E-state index in [1.54, 1.807) is 36.4 Å². The Labute approximate surface area is 197 Å². The van der Waals surface area contributed by atoms with Crippen molar-refractivity contribution >= 4 is 28.0 Å². The molecule has 0 radical (unpaired) electrons. The molecule has 1 N–H and O–H groups in total. The van der Waals surface area contributed by atoms with Gasteiger partial charge in [0.25, 0.3) is 10.1 Å². The number of benzene rings is 2. The fraction of sp³-hybridized carbons (Fsp3) is 0.292. The minimum atomic E-state index is -3.90. The molecule has 3 amide bonds. The van der Waals surface area contributed by atoms with Gasteiger partial charge < -0.3 is 4.74 Å². The molecule has 2 aliphatic rings. The molecule has 0 aliphatic carbocycles. The largest absolute Gasteiger partial charge is 0.439 e. The van der Waals surface area contributed by atoms with Gasteiger partial charge in [-0.3, -0.25) is 24.0 Å². The van der Waals surface area contributed by atoms with E-state index < -0.39 is 34.3 Å². The quantitative estimate of drug-likeness (QED) is 0.394. The van der Waals surface area contributed by atoms with Crippen LogP contribution in [0.5, 0.6) is 0 Å². The number of carbonyl (C=O) groups is 3. The number of hydrogen-bond donors (Lipinski definition) is 1. The molecule has 2 fully saturated rings. The third-order valence-corrected chi connectivity index (χ3v) is 6.79. The van der Waals surface area contributed by atoms with Crippen molar-refractivity contribution in [3.63, 3.8) is 0 Å². The fourth-order valence-electron chi connectivity index (χ4n) is 3.72. The number of aryl methyl sites for hydroxylation is 1. The van der Waals surface area contributed by atoms with Gasteiger partial charge in [0.1, 0.15) is 18.8 Å². The van der Waals surface area contributed by atoms with Crippen LogP contribution in [-0.2, 0) is 28.6 Å². The molecule has 1 unspecified atom stereocenters. The van der Waals surface area contributed by atoms with Crippen LogP contribution in [0.2, 0.25) is 0 Å². The summed E-state index contributed by atoms with van der Waals surface area (Å²) in [6, 6.07) is 12.6. The summed E-state index contributed by atoms with van der Waals surface area (Å²) < 4.78 is 34.9. The van der Waals surface area contributed by atoms with Crippen LogP contribution in [0.3, 0.4) is 0 Å². The van der Waals surface area contributed by atoms with Crippen molar-refractivity contribution < 1.29 is 31.7 Å². The molecule has 0 spiro atoms. The average Bonchev–Trinajstić information content (AvgIpc) is 3.19. The van der Waals surface area contributed by atoms with E-state index in [1.165, 1.54) is 17.0 Å². The number of hydrogen-bond acceptors (Lipinski definition) is 7. The Bertz CT molecular complexity index is 1290. The van der Waals surface area contributed by atoms with Crippen molar-refractivity contribution in [1.29, 1.82) is 0 Å². The molecule has 176 valence electrons. The molecular weight excluding hydrogens is 460 g/mol. The molecule has 2 saturated heterocycles. The number of nitrogens with one attached hydrogen (secondary N) is 1. The van der Waals surface area contributed by atoms with E-state index in [1.807, 2.05) is 6.92 Å². The first kappa shape index (κ1) is 23.5. The van der Waals surface area contributed by atoms with Gasteiger partial charge in [-0.25, -0.2) is 4.79 Å². The summed E-state index contributed by atoms with van der Waals surface area (Å²) in [6.07, 6.45) is -0.801. The first-order valence-electron chi connectivity index (χ1n) is 10.6. The van der Waals surface area contributed by atoms with Gasteiger partial charge in [-0.05, 0) is 43.2 Å². The molecule has 10 heteroatoms. The SMILES string of the molecule is Cc1ccc(S(=O)(=O)OCC#Cc2cccc([C@H]3CN(C4CCC(=O)NC4=O)C(=O)O3)c2)cc1. The topological polar surface area (TPSA) is 119 Å². The zero-order valence-corrected chi connectivity index (χ0v) is 19.1. The van der Waals surface area contributed by atoms with Gasteiger partial charge in [0.05, 0.1) is 11.4 Å². The molecule has 2 atom stereocenters. The average molecular weight is 483 g/mol. The van der Waals surface area contributed by atoms with Crippen LogP contribution in [0.25, 0.3) is 0 Å². The number of nitrogens with zero attached hydrogens (tertiary/aromatic N) is 1. The Kier molecular flexibility index (Phi) is 6.68. The molecule has 34 heavy (non-hydrogen) atoms. The molecule has 0 bridgehead atoms. The summed E-state index contributed by atoms with van der Waals surface area (Å²) in [6.45, 7) is 1.71. The predicted octanol–water partition coefficient (Wildman–Crippen LogP) is 2.05. The summed E-state index contributed by atoms with van der Waals surface area (Å²) in [5, 5.41) is 2.24. The third kappa shape index (κ3) is 5.27. The number of amides is 3. The molecule has 4 rings (SSSR count). The number of ether oxygens (including phenoxy) is 1. The second kappa shape index (κ2) is 9.67. The number of rotatable bonds is 5. The first-order valence-corrected chi connectivity index (χ1v) is 12.0. The van der Waals surface area contributed by atoms with E-state index in [2.05, 4.69) is 17.2 Å². The zero-order valence-electron chi connectivity index (χ0n) is 18.3. The van der Waals surface area contributed by atoms with Gasteiger partial charge in [-0.15, -0.1) is 0 Å². The van der Waals surface area contributed by atoms with E-state index >= 15 is 0 Å².